The fraction of sp³-hybridized carbons (Fsp3) is 0.143. The van der Waals surface area contributed by atoms with E-state index in [9.17, 15) is 13.2 Å². The Hall–Kier alpha value is -2.01. The molecule has 2 aromatic rings. The standard InChI is InChI=1S/C14H13F3N2/c1-19(11-4-2-3-10(15)7-11)14-12(16)5-9(8-18)6-13(14)17/h2-7H,8,18H2,1H3. The molecular formula is C14H13F3N2. The van der Waals surface area contributed by atoms with E-state index in [1.54, 1.807) is 6.07 Å². The lowest BCUT2D eigenvalue weighted by atomic mass is 10.1. The van der Waals surface area contributed by atoms with Gasteiger partial charge in [0.15, 0.2) is 0 Å². The second-order valence-electron chi connectivity index (χ2n) is 4.15. The molecule has 5 heteroatoms. The molecule has 2 N–H and O–H groups in total. The van der Waals surface area contributed by atoms with E-state index in [4.69, 9.17) is 5.73 Å². The van der Waals surface area contributed by atoms with E-state index >= 15 is 0 Å². The fourth-order valence-corrected chi connectivity index (χ4v) is 1.87. The molecule has 0 fully saturated rings. The van der Waals surface area contributed by atoms with Crippen molar-refractivity contribution in [1.82, 2.24) is 0 Å². The van der Waals surface area contributed by atoms with Crippen LogP contribution in [0.5, 0.6) is 0 Å². The molecular weight excluding hydrogens is 253 g/mol. The average Bonchev–Trinajstić information content (AvgIpc) is 2.37. The SMILES string of the molecule is CN(c1cccc(F)c1)c1c(F)cc(CN)cc1F. The van der Waals surface area contributed by atoms with Gasteiger partial charge in [-0.05, 0) is 35.9 Å². The van der Waals surface area contributed by atoms with Crippen LogP contribution in [-0.2, 0) is 6.54 Å². The lowest BCUT2D eigenvalue weighted by Gasteiger charge is -2.21. The molecule has 0 spiro atoms. The van der Waals surface area contributed by atoms with Crippen molar-refractivity contribution in [2.24, 2.45) is 5.73 Å². The zero-order valence-corrected chi connectivity index (χ0v) is 10.3. The number of nitrogens with two attached hydrogens (primary N) is 1. The Morgan fingerprint density at radius 2 is 1.68 bits per heavy atom. The number of rotatable bonds is 3. The molecule has 0 saturated heterocycles. The van der Waals surface area contributed by atoms with Gasteiger partial charge in [0.1, 0.15) is 23.1 Å². The Bertz CT molecular complexity index is 576. The minimum atomic E-state index is -0.729. The number of benzene rings is 2. The first-order valence-corrected chi connectivity index (χ1v) is 5.70. The molecule has 0 aliphatic heterocycles. The van der Waals surface area contributed by atoms with Crippen LogP contribution >= 0.6 is 0 Å². The van der Waals surface area contributed by atoms with Gasteiger partial charge in [-0.15, -0.1) is 0 Å². The van der Waals surface area contributed by atoms with Gasteiger partial charge in [-0.3, -0.25) is 0 Å². The topological polar surface area (TPSA) is 29.3 Å². The minimum Gasteiger partial charge on any atom is -0.340 e. The van der Waals surface area contributed by atoms with E-state index in [2.05, 4.69) is 0 Å². The fourth-order valence-electron chi connectivity index (χ4n) is 1.87. The monoisotopic (exact) mass is 266 g/mol. The lowest BCUT2D eigenvalue weighted by molar-refractivity contribution is 0.580. The smallest absolute Gasteiger partial charge is 0.150 e. The van der Waals surface area contributed by atoms with Crippen molar-refractivity contribution in [2.45, 2.75) is 6.54 Å². The molecule has 0 heterocycles. The maximum absolute atomic E-state index is 13.9. The second-order valence-corrected chi connectivity index (χ2v) is 4.15. The molecule has 2 aromatic carbocycles. The van der Waals surface area contributed by atoms with Gasteiger partial charge in [-0.1, -0.05) is 6.07 Å². The summed E-state index contributed by atoms with van der Waals surface area (Å²) in [7, 11) is 1.47. The van der Waals surface area contributed by atoms with E-state index in [1.807, 2.05) is 0 Å². The van der Waals surface area contributed by atoms with Gasteiger partial charge in [0.25, 0.3) is 0 Å². The summed E-state index contributed by atoms with van der Waals surface area (Å²) in [5.74, 6) is -1.93. The second kappa shape index (κ2) is 5.32. The number of nitrogens with zero attached hydrogens (tertiary/aromatic N) is 1. The first-order valence-electron chi connectivity index (χ1n) is 5.70. The largest absolute Gasteiger partial charge is 0.340 e. The predicted octanol–water partition coefficient (Wildman–Crippen LogP) is 3.33. The first-order chi connectivity index (χ1) is 9.02. The third-order valence-corrected chi connectivity index (χ3v) is 2.84. The Morgan fingerprint density at radius 3 is 2.21 bits per heavy atom. The van der Waals surface area contributed by atoms with Crippen LogP contribution in [0.1, 0.15) is 5.56 Å². The minimum absolute atomic E-state index is 0.0534. The molecule has 0 aromatic heterocycles. The van der Waals surface area contributed by atoms with Crippen LogP contribution in [0.25, 0.3) is 0 Å². The Kier molecular flexibility index (Phi) is 3.76. The van der Waals surface area contributed by atoms with Crippen molar-refractivity contribution in [3.05, 3.63) is 59.4 Å². The molecule has 0 saturated carbocycles. The molecule has 100 valence electrons. The molecule has 0 amide bonds. The predicted molar refractivity (Wildman–Crippen MR) is 68.7 cm³/mol. The van der Waals surface area contributed by atoms with E-state index < -0.39 is 17.5 Å². The Labute approximate surface area is 109 Å². The summed E-state index contributed by atoms with van der Waals surface area (Å²) in [6, 6.07) is 7.86. The van der Waals surface area contributed by atoms with E-state index in [-0.39, 0.29) is 12.2 Å². The van der Waals surface area contributed by atoms with Gasteiger partial charge in [0.2, 0.25) is 0 Å². The third kappa shape index (κ3) is 2.71. The van der Waals surface area contributed by atoms with Gasteiger partial charge in [-0.25, -0.2) is 13.2 Å². The number of anilines is 2. The summed E-state index contributed by atoms with van der Waals surface area (Å²) >= 11 is 0. The number of hydrogen-bond donors (Lipinski definition) is 1. The molecule has 2 rings (SSSR count). The zero-order valence-electron chi connectivity index (χ0n) is 10.3. The molecule has 0 radical (unpaired) electrons. The van der Waals surface area contributed by atoms with Crippen LogP contribution in [0.3, 0.4) is 0 Å². The Balaban J connectivity index is 2.47. The van der Waals surface area contributed by atoms with E-state index in [0.29, 0.717) is 11.3 Å². The molecule has 0 bridgehead atoms. The maximum Gasteiger partial charge on any atom is 0.150 e. The van der Waals surface area contributed by atoms with Crippen molar-refractivity contribution >= 4 is 11.4 Å². The summed E-state index contributed by atoms with van der Waals surface area (Å²) in [5, 5.41) is 0. The van der Waals surface area contributed by atoms with Crippen molar-refractivity contribution in [1.29, 1.82) is 0 Å². The third-order valence-electron chi connectivity index (χ3n) is 2.84. The number of hydrogen-bond acceptors (Lipinski definition) is 2. The molecule has 2 nitrogen and oxygen atoms in total. The van der Waals surface area contributed by atoms with Crippen LogP contribution in [-0.4, -0.2) is 7.05 Å². The quantitative estimate of drug-likeness (QED) is 0.923. The average molecular weight is 266 g/mol. The summed E-state index contributed by atoms with van der Waals surface area (Å²) < 4.78 is 40.9. The summed E-state index contributed by atoms with van der Waals surface area (Å²) in [4.78, 5) is 1.26. The summed E-state index contributed by atoms with van der Waals surface area (Å²) in [6.45, 7) is 0.0534. The highest BCUT2D eigenvalue weighted by atomic mass is 19.1. The van der Waals surface area contributed by atoms with Crippen LogP contribution < -0.4 is 10.6 Å². The summed E-state index contributed by atoms with van der Waals surface area (Å²) in [6.07, 6.45) is 0. The highest BCUT2D eigenvalue weighted by molar-refractivity contribution is 5.64. The lowest BCUT2D eigenvalue weighted by Crippen LogP contribution is -2.14. The van der Waals surface area contributed by atoms with Crippen molar-refractivity contribution < 1.29 is 13.2 Å². The molecule has 0 atom stereocenters. The van der Waals surface area contributed by atoms with Crippen LogP contribution in [0.15, 0.2) is 36.4 Å². The zero-order chi connectivity index (χ0) is 14.0. The molecule has 0 unspecified atom stereocenters. The van der Waals surface area contributed by atoms with E-state index in [1.165, 1.54) is 42.3 Å². The van der Waals surface area contributed by atoms with Gasteiger partial charge in [0, 0.05) is 19.3 Å². The van der Waals surface area contributed by atoms with Gasteiger partial charge in [-0.2, -0.15) is 0 Å². The van der Waals surface area contributed by atoms with Crippen LogP contribution in [0, 0.1) is 17.5 Å². The van der Waals surface area contributed by atoms with Crippen LogP contribution in [0.4, 0.5) is 24.5 Å². The molecule has 19 heavy (non-hydrogen) atoms. The summed E-state index contributed by atoms with van der Waals surface area (Å²) in [5.41, 5.74) is 5.84. The molecule has 0 aliphatic rings. The van der Waals surface area contributed by atoms with Gasteiger partial charge in [0.05, 0.1) is 0 Å². The first kappa shape index (κ1) is 13.4. The maximum atomic E-state index is 13.9. The van der Waals surface area contributed by atoms with Crippen molar-refractivity contribution in [2.75, 3.05) is 11.9 Å². The van der Waals surface area contributed by atoms with E-state index in [0.717, 1.165) is 0 Å². The van der Waals surface area contributed by atoms with Crippen molar-refractivity contribution in [3.8, 4) is 0 Å². The Morgan fingerprint density at radius 1 is 1.05 bits per heavy atom. The van der Waals surface area contributed by atoms with Crippen LogP contribution in [0.2, 0.25) is 0 Å². The van der Waals surface area contributed by atoms with Crippen molar-refractivity contribution in [3.63, 3.8) is 0 Å². The number of halogens is 3. The molecule has 0 aliphatic carbocycles. The highest BCUT2D eigenvalue weighted by Crippen LogP contribution is 2.30. The van der Waals surface area contributed by atoms with Gasteiger partial charge < -0.3 is 10.6 Å². The van der Waals surface area contributed by atoms with Gasteiger partial charge >= 0.3 is 0 Å². The highest BCUT2D eigenvalue weighted by Gasteiger charge is 2.16. The normalized spacial score (nSPS) is 10.6.